The van der Waals surface area contributed by atoms with Crippen LogP contribution in [0.2, 0.25) is 0 Å². The molecular formula is C23H20N2OS. The molecule has 0 aliphatic heterocycles. The lowest BCUT2D eigenvalue weighted by Crippen LogP contribution is -2.23. The summed E-state index contributed by atoms with van der Waals surface area (Å²) in [5, 5.41) is 5.95. The first-order chi connectivity index (χ1) is 13.2. The summed E-state index contributed by atoms with van der Waals surface area (Å²) in [5.41, 5.74) is 4.72. The van der Waals surface area contributed by atoms with Gasteiger partial charge in [-0.15, -0.1) is 11.3 Å². The van der Waals surface area contributed by atoms with Crippen LogP contribution >= 0.6 is 11.3 Å². The zero-order chi connectivity index (χ0) is 18.6. The number of rotatable bonds is 5. The highest BCUT2D eigenvalue weighted by molar-refractivity contribution is 7.13. The van der Waals surface area contributed by atoms with Crippen LogP contribution in [0.25, 0.3) is 21.5 Å². The van der Waals surface area contributed by atoms with E-state index in [2.05, 4.69) is 36.5 Å². The standard InChI is InChI=1S/C23H20N2OS/c1-2-16-9-11-17(12-10-16)15-24-23(26)19-14-21(22-8-5-13-27-22)25-20-7-4-3-6-18(19)20/h3-14H,2,15H2,1H3,(H,24,26). The van der Waals surface area contributed by atoms with Gasteiger partial charge in [-0.2, -0.15) is 0 Å². The Morgan fingerprint density at radius 2 is 1.78 bits per heavy atom. The first-order valence-electron chi connectivity index (χ1n) is 9.04. The zero-order valence-corrected chi connectivity index (χ0v) is 15.9. The van der Waals surface area contributed by atoms with Crippen LogP contribution in [0.15, 0.2) is 72.1 Å². The minimum atomic E-state index is -0.0778. The van der Waals surface area contributed by atoms with Crippen molar-refractivity contribution >= 4 is 28.1 Å². The number of para-hydroxylation sites is 1. The van der Waals surface area contributed by atoms with Gasteiger partial charge in [-0.25, -0.2) is 4.98 Å². The summed E-state index contributed by atoms with van der Waals surface area (Å²) < 4.78 is 0. The molecule has 1 N–H and O–H groups in total. The topological polar surface area (TPSA) is 42.0 Å². The van der Waals surface area contributed by atoms with Crippen molar-refractivity contribution in [3.05, 3.63) is 88.8 Å². The third-order valence-corrected chi connectivity index (χ3v) is 5.51. The summed E-state index contributed by atoms with van der Waals surface area (Å²) in [6.07, 6.45) is 1.02. The van der Waals surface area contributed by atoms with Gasteiger partial charge in [0.05, 0.1) is 21.7 Å². The van der Waals surface area contributed by atoms with Gasteiger partial charge in [0, 0.05) is 11.9 Å². The van der Waals surface area contributed by atoms with Crippen molar-refractivity contribution in [3.8, 4) is 10.6 Å². The lowest BCUT2D eigenvalue weighted by molar-refractivity contribution is 0.0952. The number of aryl methyl sites for hydroxylation is 1. The van der Waals surface area contributed by atoms with Crippen molar-refractivity contribution in [1.29, 1.82) is 0 Å². The number of carbonyl (C=O) groups excluding carboxylic acids is 1. The van der Waals surface area contributed by atoms with E-state index in [4.69, 9.17) is 4.98 Å². The SMILES string of the molecule is CCc1ccc(CNC(=O)c2cc(-c3cccs3)nc3ccccc23)cc1. The molecular weight excluding hydrogens is 352 g/mol. The molecule has 0 saturated heterocycles. The predicted molar refractivity (Wildman–Crippen MR) is 112 cm³/mol. The van der Waals surface area contributed by atoms with Gasteiger partial charge < -0.3 is 5.32 Å². The van der Waals surface area contributed by atoms with E-state index in [0.717, 1.165) is 33.5 Å². The molecule has 0 radical (unpaired) electrons. The molecule has 1 amide bonds. The number of nitrogens with one attached hydrogen (secondary N) is 1. The molecule has 0 aliphatic carbocycles. The third kappa shape index (κ3) is 3.76. The van der Waals surface area contributed by atoms with Gasteiger partial charge in [-0.3, -0.25) is 4.79 Å². The van der Waals surface area contributed by atoms with Crippen LogP contribution in [0.4, 0.5) is 0 Å². The number of benzene rings is 2. The molecule has 2 heterocycles. The number of thiophene rings is 1. The van der Waals surface area contributed by atoms with Crippen molar-refractivity contribution in [3.63, 3.8) is 0 Å². The fourth-order valence-electron chi connectivity index (χ4n) is 3.08. The molecule has 0 bridgehead atoms. The molecule has 4 rings (SSSR count). The number of carbonyl (C=O) groups is 1. The second-order valence-electron chi connectivity index (χ2n) is 6.40. The predicted octanol–water partition coefficient (Wildman–Crippen LogP) is 5.46. The highest BCUT2D eigenvalue weighted by Crippen LogP contribution is 2.27. The van der Waals surface area contributed by atoms with E-state index in [9.17, 15) is 4.79 Å². The van der Waals surface area contributed by atoms with Crippen LogP contribution in [0.3, 0.4) is 0 Å². The molecule has 0 fully saturated rings. The Hall–Kier alpha value is -2.98. The zero-order valence-electron chi connectivity index (χ0n) is 15.1. The maximum absolute atomic E-state index is 12.9. The Bertz CT molecular complexity index is 1070. The largest absolute Gasteiger partial charge is 0.348 e. The Morgan fingerprint density at radius 3 is 2.52 bits per heavy atom. The Balaban J connectivity index is 1.63. The summed E-state index contributed by atoms with van der Waals surface area (Å²) in [6, 6.07) is 22.1. The number of hydrogen-bond donors (Lipinski definition) is 1. The minimum absolute atomic E-state index is 0.0778. The van der Waals surface area contributed by atoms with Crippen molar-refractivity contribution in [2.75, 3.05) is 0 Å². The van der Waals surface area contributed by atoms with Crippen LogP contribution in [-0.2, 0) is 13.0 Å². The van der Waals surface area contributed by atoms with Gasteiger partial charge in [-0.1, -0.05) is 55.5 Å². The number of aromatic nitrogens is 1. The van der Waals surface area contributed by atoms with E-state index < -0.39 is 0 Å². The van der Waals surface area contributed by atoms with Gasteiger partial charge in [0.2, 0.25) is 0 Å². The van der Waals surface area contributed by atoms with Crippen molar-refractivity contribution in [1.82, 2.24) is 10.3 Å². The molecule has 3 nitrogen and oxygen atoms in total. The summed E-state index contributed by atoms with van der Waals surface area (Å²) in [4.78, 5) is 18.7. The highest BCUT2D eigenvalue weighted by Gasteiger charge is 2.14. The van der Waals surface area contributed by atoms with E-state index in [1.54, 1.807) is 11.3 Å². The molecule has 27 heavy (non-hydrogen) atoms. The minimum Gasteiger partial charge on any atom is -0.348 e. The maximum atomic E-state index is 12.9. The smallest absolute Gasteiger partial charge is 0.252 e. The number of fused-ring (bicyclic) bond motifs is 1. The van der Waals surface area contributed by atoms with Gasteiger partial charge in [0.15, 0.2) is 0 Å². The Kier molecular flexibility index (Phi) is 4.99. The van der Waals surface area contributed by atoms with Gasteiger partial charge >= 0.3 is 0 Å². The summed E-state index contributed by atoms with van der Waals surface area (Å²) >= 11 is 1.62. The van der Waals surface area contributed by atoms with Crippen molar-refractivity contribution in [2.24, 2.45) is 0 Å². The molecule has 2 aromatic heterocycles. The number of pyridine rings is 1. The molecule has 0 atom stereocenters. The first kappa shape index (κ1) is 17.4. The Morgan fingerprint density at radius 1 is 1.00 bits per heavy atom. The lowest BCUT2D eigenvalue weighted by Gasteiger charge is -2.10. The maximum Gasteiger partial charge on any atom is 0.252 e. The van der Waals surface area contributed by atoms with Crippen molar-refractivity contribution < 1.29 is 4.79 Å². The molecule has 4 heteroatoms. The van der Waals surface area contributed by atoms with Gasteiger partial charge in [-0.05, 0) is 41.1 Å². The van der Waals surface area contributed by atoms with Crippen LogP contribution in [0, 0.1) is 0 Å². The number of nitrogens with zero attached hydrogens (tertiary/aromatic N) is 1. The molecule has 0 aliphatic rings. The van der Waals surface area contributed by atoms with E-state index in [0.29, 0.717) is 12.1 Å². The molecule has 0 saturated carbocycles. The van der Waals surface area contributed by atoms with Gasteiger partial charge in [0.1, 0.15) is 0 Å². The summed E-state index contributed by atoms with van der Waals surface area (Å²) in [7, 11) is 0. The van der Waals surface area contributed by atoms with E-state index >= 15 is 0 Å². The Labute approximate surface area is 162 Å². The van der Waals surface area contributed by atoms with Crippen LogP contribution < -0.4 is 5.32 Å². The van der Waals surface area contributed by atoms with E-state index in [1.807, 2.05) is 47.8 Å². The summed E-state index contributed by atoms with van der Waals surface area (Å²) in [5.74, 6) is -0.0778. The van der Waals surface area contributed by atoms with Gasteiger partial charge in [0.25, 0.3) is 5.91 Å². The molecule has 0 unspecified atom stereocenters. The molecule has 4 aromatic rings. The molecule has 0 spiro atoms. The quantitative estimate of drug-likeness (QED) is 0.506. The molecule has 134 valence electrons. The van der Waals surface area contributed by atoms with E-state index in [1.165, 1.54) is 5.56 Å². The van der Waals surface area contributed by atoms with Crippen LogP contribution in [0.1, 0.15) is 28.4 Å². The monoisotopic (exact) mass is 372 g/mol. The molecule has 2 aromatic carbocycles. The normalized spacial score (nSPS) is 10.9. The fraction of sp³-hybridized carbons (Fsp3) is 0.130. The van der Waals surface area contributed by atoms with Crippen molar-refractivity contribution in [2.45, 2.75) is 19.9 Å². The second kappa shape index (κ2) is 7.72. The van der Waals surface area contributed by atoms with E-state index in [-0.39, 0.29) is 5.91 Å². The third-order valence-electron chi connectivity index (χ3n) is 4.62. The number of amides is 1. The average Bonchev–Trinajstić information content (AvgIpc) is 3.26. The lowest BCUT2D eigenvalue weighted by atomic mass is 10.1. The average molecular weight is 372 g/mol. The van der Waals surface area contributed by atoms with Crippen LogP contribution in [-0.4, -0.2) is 10.9 Å². The highest BCUT2D eigenvalue weighted by atomic mass is 32.1. The summed E-state index contributed by atoms with van der Waals surface area (Å²) in [6.45, 7) is 2.64. The fourth-order valence-corrected chi connectivity index (χ4v) is 3.77. The second-order valence-corrected chi connectivity index (χ2v) is 7.35. The number of hydrogen-bond acceptors (Lipinski definition) is 3. The first-order valence-corrected chi connectivity index (χ1v) is 9.92. The van der Waals surface area contributed by atoms with Crippen LogP contribution in [0.5, 0.6) is 0 Å².